The van der Waals surface area contributed by atoms with Crippen LogP contribution in [-0.4, -0.2) is 7.11 Å². The second-order valence-corrected chi connectivity index (χ2v) is 3.76. The highest BCUT2D eigenvalue weighted by Crippen LogP contribution is 2.33. The number of nitrogen functional groups attached to an aromatic ring is 1. The smallest absolute Gasteiger partial charge is 0.167 e. The quantitative estimate of drug-likeness (QED) is 0.859. The molecule has 2 aromatic carbocycles. The van der Waals surface area contributed by atoms with Crippen LogP contribution in [0.3, 0.4) is 0 Å². The number of nitriles is 1. The average molecular weight is 258 g/mol. The molecule has 96 valence electrons. The Balaban J connectivity index is 2.29. The Morgan fingerprint density at radius 3 is 2.42 bits per heavy atom. The first-order valence-corrected chi connectivity index (χ1v) is 5.45. The van der Waals surface area contributed by atoms with E-state index in [1.165, 1.54) is 13.2 Å². The Bertz CT molecular complexity index is 633. The molecule has 0 bridgehead atoms. The van der Waals surface area contributed by atoms with Gasteiger partial charge in [-0.1, -0.05) is 0 Å². The van der Waals surface area contributed by atoms with Gasteiger partial charge in [0.25, 0.3) is 0 Å². The van der Waals surface area contributed by atoms with Crippen LogP contribution in [0.1, 0.15) is 5.56 Å². The van der Waals surface area contributed by atoms with Gasteiger partial charge in [0.2, 0.25) is 0 Å². The van der Waals surface area contributed by atoms with Gasteiger partial charge in [-0.3, -0.25) is 0 Å². The zero-order chi connectivity index (χ0) is 13.8. The number of nitrogens with zero attached hydrogens (tertiary/aromatic N) is 1. The average Bonchev–Trinajstić information content (AvgIpc) is 2.42. The largest absolute Gasteiger partial charge is 0.494 e. The molecule has 0 aliphatic heterocycles. The van der Waals surface area contributed by atoms with Crippen LogP contribution in [0, 0.1) is 17.1 Å². The van der Waals surface area contributed by atoms with E-state index in [1.54, 1.807) is 24.3 Å². The SMILES string of the molecule is COc1cc(Oc2ccc(C#N)cc2)c(N)cc1F. The molecule has 0 aliphatic carbocycles. The summed E-state index contributed by atoms with van der Waals surface area (Å²) in [5.41, 5.74) is 6.37. The maximum atomic E-state index is 13.4. The molecule has 0 aromatic heterocycles. The van der Waals surface area contributed by atoms with E-state index in [0.717, 1.165) is 6.07 Å². The Morgan fingerprint density at radius 1 is 1.16 bits per heavy atom. The first-order chi connectivity index (χ1) is 9.13. The number of methoxy groups -OCH3 is 1. The number of nitrogens with two attached hydrogens (primary N) is 1. The molecule has 0 amide bonds. The van der Waals surface area contributed by atoms with Crippen molar-refractivity contribution >= 4 is 5.69 Å². The number of ether oxygens (including phenoxy) is 2. The number of anilines is 1. The molecule has 2 N–H and O–H groups in total. The highest BCUT2D eigenvalue weighted by molar-refractivity contribution is 5.57. The molecule has 0 saturated heterocycles. The number of halogens is 1. The minimum Gasteiger partial charge on any atom is -0.494 e. The summed E-state index contributed by atoms with van der Waals surface area (Å²) in [5, 5.41) is 8.69. The van der Waals surface area contributed by atoms with Crippen molar-refractivity contribution < 1.29 is 13.9 Å². The highest BCUT2D eigenvalue weighted by atomic mass is 19.1. The van der Waals surface area contributed by atoms with E-state index >= 15 is 0 Å². The molecule has 5 heteroatoms. The van der Waals surface area contributed by atoms with Crippen LogP contribution in [0.2, 0.25) is 0 Å². The molecule has 2 rings (SSSR count). The predicted octanol–water partition coefficient (Wildman–Crippen LogP) is 3.08. The fourth-order valence-electron chi connectivity index (χ4n) is 1.52. The van der Waals surface area contributed by atoms with E-state index < -0.39 is 5.82 Å². The maximum Gasteiger partial charge on any atom is 0.167 e. The van der Waals surface area contributed by atoms with Crippen LogP contribution in [0.25, 0.3) is 0 Å². The molecule has 0 saturated carbocycles. The lowest BCUT2D eigenvalue weighted by atomic mass is 10.2. The summed E-state index contributed by atoms with van der Waals surface area (Å²) in [6.45, 7) is 0. The summed E-state index contributed by atoms with van der Waals surface area (Å²) in [4.78, 5) is 0. The normalized spacial score (nSPS) is 9.74. The maximum absolute atomic E-state index is 13.4. The Morgan fingerprint density at radius 2 is 1.84 bits per heavy atom. The van der Waals surface area contributed by atoms with Crippen LogP contribution in [-0.2, 0) is 0 Å². The van der Waals surface area contributed by atoms with E-state index in [4.69, 9.17) is 20.5 Å². The van der Waals surface area contributed by atoms with Crippen molar-refractivity contribution in [3.63, 3.8) is 0 Å². The van der Waals surface area contributed by atoms with Gasteiger partial charge in [0.15, 0.2) is 17.3 Å². The topological polar surface area (TPSA) is 68.3 Å². The van der Waals surface area contributed by atoms with Crippen molar-refractivity contribution in [1.82, 2.24) is 0 Å². The second kappa shape index (κ2) is 5.27. The zero-order valence-corrected chi connectivity index (χ0v) is 10.2. The standard InChI is InChI=1S/C14H11FN2O2/c1-18-13-7-14(12(17)6-11(13)15)19-10-4-2-9(8-16)3-5-10/h2-7H,17H2,1H3. The summed E-state index contributed by atoms with van der Waals surface area (Å²) >= 11 is 0. The second-order valence-electron chi connectivity index (χ2n) is 3.76. The van der Waals surface area contributed by atoms with Gasteiger partial charge < -0.3 is 15.2 Å². The predicted molar refractivity (Wildman–Crippen MR) is 68.6 cm³/mol. The third-order valence-electron chi connectivity index (χ3n) is 2.50. The number of hydrogen-bond acceptors (Lipinski definition) is 4. The van der Waals surface area contributed by atoms with Crippen molar-refractivity contribution in [3.8, 4) is 23.3 Å². The molecule has 0 fully saturated rings. The summed E-state index contributed by atoms with van der Waals surface area (Å²) < 4.78 is 23.8. The van der Waals surface area contributed by atoms with Crippen molar-refractivity contribution in [2.45, 2.75) is 0 Å². The van der Waals surface area contributed by atoms with Crippen LogP contribution in [0.4, 0.5) is 10.1 Å². The van der Waals surface area contributed by atoms with Crippen molar-refractivity contribution in [3.05, 3.63) is 47.8 Å². The van der Waals surface area contributed by atoms with Crippen LogP contribution in [0.5, 0.6) is 17.2 Å². The van der Waals surface area contributed by atoms with Gasteiger partial charge in [0, 0.05) is 12.1 Å². The summed E-state index contributed by atoms with van der Waals surface area (Å²) in [7, 11) is 1.36. The van der Waals surface area contributed by atoms with Crippen molar-refractivity contribution in [1.29, 1.82) is 5.26 Å². The van der Waals surface area contributed by atoms with E-state index in [-0.39, 0.29) is 11.4 Å². The first kappa shape index (κ1) is 12.7. The Hall–Kier alpha value is -2.74. The van der Waals surface area contributed by atoms with E-state index in [9.17, 15) is 4.39 Å². The summed E-state index contributed by atoms with van der Waals surface area (Å²) in [5.74, 6) is 0.298. The molecule has 0 spiro atoms. The van der Waals surface area contributed by atoms with Gasteiger partial charge in [-0.15, -0.1) is 0 Å². The summed E-state index contributed by atoms with van der Waals surface area (Å²) in [6, 6.07) is 11.0. The number of benzene rings is 2. The zero-order valence-electron chi connectivity index (χ0n) is 10.2. The lowest BCUT2D eigenvalue weighted by molar-refractivity contribution is 0.382. The van der Waals surface area contributed by atoms with Gasteiger partial charge >= 0.3 is 0 Å². The van der Waals surface area contributed by atoms with Gasteiger partial charge in [-0.2, -0.15) is 5.26 Å². The number of hydrogen-bond donors (Lipinski definition) is 1. The lowest BCUT2D eigenvalue weighted by Gasteiger charge is -2.10. The lowest BCUT2D eigenvalue weighted by Crippen LogP contribution is -1.96. The minimum atomic E-state index is -0.549. The summed E-state index contributed by atoms with van der Waals surface area (Å²) in [6.07, 6.45) is 0. The van der Waals surface area contributed by atoms with Crippen LogP contribution in [0.15, 0.2) is 36.4 Å². The third-order valence-corrected chi connectivity index (χ3v) is 2.50. The van der Waals surface area contributed by atoms with Gasteiger partial charge in [-0.05, 0) is 24.3 Å². The van der Waals surface area contributed by atoms with Crippen molar-refractivity contribution in [2.24, 2.45) is 0 Å². The van der Waals surface area contributed by atoms with Gasteiger partial charge in [0.05, 0.1) is 24.4 Å². The van der Waals surface area contributed by atoms with Crippen molar-refractivity contribution in [2.75, 3.05) is 12.8 Å². The van der Waals surface area contributed by atoms with E-state index in [2.05, 4.69) is 0 Å². The minimum absolute atomic E-state index is 0.0536. The van der Waals surface area contributed by atoms with Crippen LogP contribution < -0.4 is 15.2 Å². The molecule has 19 heavy (non-hydrogen) atoms. The van der Waals surface area contributed by atoms with Gasteiger partial charge in [0.1, 0.15) is 5.75 Å². The molecular formula is C14H11FN2O2. The van der Waals surface area contributed by atoms with Gasteiger partial charge in [-0.25, -0.2) is 4.39 Å². The molecule has 0 heterocycles. The molecule has 0 unspecified atom stereocenters. The number of rotatable bonds is 3. The molecule has 4 nitrogen and oxygen atoms in total. The molecule has 2 aromatic rings. The van der Waals surface area contributed by atoms with E-state index in [0.29, 0.717) is 17.1 Å². The Kier molecular flexibility index (Phi) is 3.53. The fourth-order valence-corrected chi connectivity index (χ4v) is 1.52. The fraction of sp³-hybridized carbons (Fsp3) is 0.0714. The Labute approximate surface area is 109 Å². The highest BCUT2D eigenvalue weighted by Gasteiger charge is 2.10. The van der Waals surface area contributed by atoms with Crippen LogP contribution >= 0.6 is 0 Å². The molecule has 0 radical (unpaired) electrons. The molecule has 0 aliphatic rings. The third kappa shape index (κ3) is 2.75. The van der Waals surface area contributed by atoms with E-state index in [1.807, 2.05) is 6.07 Å². The molecular weight excluding hydrogens is 247 g/mol. The first-order valence-electron chi connectivity index (χ1n) is 5.45. The monoisotopic (exact) mass is 258 g/mol. The molecule has 0 atom stereocenters.